The second-order valence-corrected chi connectivity index (χ2v) is 4.21. The summed E-state index contributed by atoms with van der Waals surface area (Å²) < 4.78 is 13.0. The van der Waals surface area contributed by atoms with Gasteiger partial charge < -0.3 is 9.47 Å². The number of nitrogens with zero attached hydrogens (tertiary/aromatic N) is 2. The van der Waals surface area contributed by atoms with E-state index in [9.17, 15) is 0 Å². The summed E-state index contributed by atoms with van der Waals surface area (Å²) in [6.45, 7) is 5.76. The molecule has 0 saturated carbocycles. The lowest BCUT2D eigenvalue weighted by Crippen LogP contribution is -2.27. The van der Waals surface area contributed by atoms with Gasteiger partial charge in [0, 0.05) is 12.6 Å². The van der Waals surface area contributed by atoms with Crippen LogP contribution in [0.25, 0.3) is 0 Å². The Hall–Kier alpha value is -1.03. The molecule has 1 unspecified atom stereocenters. The maximum Gasteiger partial charge on any atom is 0.157 e. The highest BCUT2D eigenvalue weighted by Crippen LogP contribution is 2.17. The molecule has 0 radical (unpaired) electrons. The van der Waals surface area contributed by atoms with Crippen LogP contribution in [0.4, 0.5) is 0 Å². The van der Waals surface area contributed by atoms with E-state index in [1.165, 1.54) is 0 Å². The average molecular weight is 210 g/mol. The van der Waals surface area contributed by atoms with E-state index in [4.69, 9.17) is 9.47 Å². The van der Waals surface area contributed by atoms with Gasteiger partial charge in [-0.2, -0.15) is 5.10 Å². The molecule has 4 nitrogen and oxygen atoms in total. The number of rotatable bonds is 3. The minimum atomic E-state index is 0.198. The van der Waals surface area contributed by atoms with Gasteiger partial charge in [-0.25, -0.2) is 0 Å². The molecular formula is C11H18N2O2. The van der Waals surface area contributed by atoms with Crippen LogP contribution < -0.4 is 4.74 Å². The van der Waals surface area contributed by atoms with Gasteiger partial charge in [0.25, 0.3) is 0 Å². The van der Waals surface area contributed by atoms with Crippen molar-refractivity contribution in [3.63, 3.8) is 0 Å². The lowest BCUT2D eigenvalue weighted by atomic mass is 10.2. The van der Waals surface area contributed by atoms with Gasteiger partial charge in [-0.05, 0) is 26.7 Å². The summed E-state index contributed by atoms with van der Waals surface area (Å²) in [5.41, 5.74) is 0. The van der Waals surface area contributed by atoms with Gasteiger partial charge in [-0.3, -0.25) is 4.68 Å². The lowest BCUT2D eigenvalue weighted by molar-refractivity contribution is 0.00738. The van der Waals surface area contributed by atoms with Crippen molar-refractivity contribution in [3.8, 4) is 5.75 Å². The van der Waals surface area contributed by atoms with Gasteiger partial charge in [-0.15, -0.1) is 0 Å². The molecule has 1 aromatic rings. The highest BCUT2D eigenvalue weighted by molar-refractivity contribution is 5.12. The molecule has 84 valence electrons. The first kappa shape index (κ1) is 10.5. The van der Waals surface area contributed by atoms with Gasteiger partial charge in [0.05, 0.1) is 19.0 Å². The van der Waals surface area contributed by atoms with E-state index in [1.807, 2.05) is 10.9 Å². The molecule has 1 aromatic heterocycles. The quantitative estimate of drug-likeness (QED) is 0.765. The van der Waals surface area contributed by atoms with Crippen molar-refractivity contribution in [1.82, 2.24) is 9.78 Å². The summed E-state index contributed by atoms with van der Waals surface area (Å²) in [5, 5.41) is 4.23. The fraction of sp³-hybridized carbons (Fsp3) is 0.727. The molecule has 1 saturated heterocycles. The normalized spacial score (nSPS) is 21.9. The summed E-state index contributed by atoms with van der Waals surface area (Å²) >= 11 is 0. The molecule has 1 fully saturated rings. The van der Waals surface area contributed by atoms with Crippen molar-refractivity contribution in [2.75, 3.05) is 13.2 Å². The van der Waals surface area contributed by atoms with Crippen LogP contribution in [-0.4, -0.2) is 29.1 Å². The predicted octanol–water partition coefficient (Wildman–Crippen LogP) is 2.02. The summed E-state index contributed by atoms with van der Waals surface area (Å²) in [7, 11) is 0. The molecule has 0 N–H and O–H groups in total. The van der Waals surface area contributed by atoms with Crippen LogP contribution in [0.5, 0.6) is 5.75 Å². The Kier molecular flexibility index (Phi) is 3.26. The summed E-state index contributed by atoms with van der Waals surface area (Å²) in [4.78, 5) is 0. The van der Waals surface area contributed by atoms with Crippen molar-refractivity contribution < 1.29 is 9.47 Å². The van der Waals surface area contributed by atoms with E-state index in [0.29, 0.717) is 12.6 Å². The third-order valence-electron chi connectivity index (χ3n) is 2.53. The largest absolute Gasteiger partial charge is 0.485 e. The summed E-state index contributed by atoms with van der Waals surface area (Å²) in [5.74, 6) is 0.846. The maximum absolute atomic E-state index is 5.78. The van der Waals surface area contributed by atoms with Crippen LogP contribution >= 0.6 is 0 Å². The van der Waals surface area contributed by atoms with Crippen LogP contribution in [0.15, 0.2) is 12.4 Å². The number of hydrogen-bond acceptors (Lipinski definition) is 3. The first-order valence-corrected chi connectivity index (χ1v) is 5.54. The second-order valence-electron chi connectivity index (χ2n) is 4.21. The predicted molar refractivity (Wildman–Crippen MR) is 57.1 cm³/mol. The molecule has 2 heterocycles. The Labute approximate surface area is 90.2 Å². The fourth-order valence-electron chi connectivity index (χ4n) is 1.66. The highest BCUT2D eigenvalue weighted by Gasteiger charge is 2.16. The minimum Gasteiger partial charge on any atom is -0.485 e. The van der Waals surface area contributed by atoms with Crippen molar-refractivity contribution >= 4 is 0 Å². The van der Waals surface area contributed by atoms with Crippen LogP contribution in [0.1, 0.15) is 32.7 Å². The van der Waals surface area contributed by atoms with Crippen LogP contribution in [0.2, 0.25) is 0 Å². The topological polar surface area (TPSA) is 36.3 Å². The fourth-order valence-corrected chi connectivity index (χ4v) is 1.66. The lowest BCUT2D eigenvalue weighted by Gasteiger charge is -2.22. The van der Waals surface area contributed by atoms with Crippen molar-refractivity contribution in [3.05, 3.63) is 12.4 Å². The van der Waals surface area contributed by atoms with Gasteiger partial charge in [0.1, 0.15) is 6.10 Å². The third kappa shape index (κ3) is 2.72. The number of hydrogen-bond donors (Lipinski definition) is 0. The molecule has 2 rings (SSSR count). The van der Waals surface area contributed by atoms with E-state index in [0.717, 1.165) is 25.2 Å². The summed E-state index contributed by atoms with van der Waals surface area (Å²) in [6.07, 6.45) is 6.08. The molecule has 15 heavy (non-hydrogen) atoms. The van der Waals surface area contributed by atoms with Crippen molar-refractivity contribution in [1.29, 1.82) is 0 Å². The van der Waals surface area contributed by atoms with Gasteiger partial charge in [-0.1, -0.05) is 0 Å². The molecule has 0 aliphatic carbocycles. The van der Waals surface area contributed by atoms with Crippen molar-refractivity contribution in [2.45, 2.75) is 38.8 Å². The van der Waals surface area contributed by atoms with Crippen LogP contribution in [0, 0.1) is 0 Å². The van der Waals surface area contributed by atoms with Gasteiger partial charge in [0.15, 0.2) is 5.75 Å². The number of aromatic nitrogens is 2. The van der Waals surface area contributed by atoms with Crippen LogP contribution in [0.3, 0.4) is 0 Å². The zero-order valence-electron chi connectivity index (χ0n) is 9.35. The van der Waals surface area contributed by atoms with Gasteiger partial charge in [0.2, 0.25) is 0 Å². The van der Waals surface area contributed by atoms with E-state index >= 15 is 0 Å². The second kappa shape index (κ2) is 4.66. The Bertz CT molecular complexity index is 303. The van der Waals surface area contributed by atoms with Gasteiger partial charge >= 0.3 is 0 Å². The molecular weight excluding hydrogens is 192 g/mol. The molecule has 4 heteroatoms. The van der Waals surface area contributed by atoms with Crippen molar-refractivity contribution in [2.24, 2.45) is 0 Å². The molecule has 1 atom stereocenters. The first-order chi connectivity index (χ1) is 7.25. The Balaban J connectivity index is 1.91. The Morgan fingerprint density at radius 3 is 3.07 bits per heavy atom. The molecule has 0 spiro atoms. The molecule has 0 bridgehead atoms. The maximum atomic E-state index is 5.78. The summed E-state index contributed by atoms with van der Waals surface area (Å²) in [6, 6.07) is 0.380. The van der Waals surface area contributed by atoms with Crippen LogP contribution in [-0.2, 0) is 4.74 Å². The van der Waals surface area contributed by atoms with E-state index in [1.54, 1.807) is 6.20 Å². The highest BCUT2D eigenvalue weighted by atomic mass is 16.5. The molecule has 0 amide bonds. The SMILES string of the molecule is CC(C)n1cc(OC2CCCOC2)cn1. The molecule has 1 aliphatic rings. The minimum absolute atomic E-state index is 0.198. The monoisotopic (exact) mass is 210 g/mol. The van der Waals surface area contributed by atoms with E-state index < -0.39 is 0 Å². The zero-order valence-corrected chi connectivity index (χ0v) is 9.35. The molecule has 0 aromatic carbocycles. The third-order valence-corrected chi connectivity index (χ3v) is 2.53. The first-order valence-electron chi connectivity index (χ1n) is 5.54. The number of ether oxygens (including phenoxy) is 2. The van der Waals surface area contributed by atoms with E-state index in [2.05, 4.69) is 18.9 Å². The smallest absolute Gasteiger partial charge is 0.157 e. The zero-order chi connectivity index (χ0) is 10.7. The Morgan fingerprint density at radius 2 is 2.47 bits per heavy atom. The Morgan fingerprint density at radius 1 is 1.60 bits per heavy atom. The van der Waals surface area contributed by atoms with E-state index in [-0.39, 0.29) is 6.10 Å². The average Bonchev–Trinajstić information content (AvgIpc) is 2.68. The standard InChI is InChI=1S/C11H18N2O2/c1-9(2)13-7-11(6-12-13)15-10-4-3-5-14-8-10/h6-7,9-10H,3-5,8H2,1-2H3. The molecule has 1 aliphatic heterocycles.